The number of rotatable bonds is 10. The Morgan fingerprint density at radius 1 is 0.296 bits per heavy atom. The summed E-state index contributed by atoms with van der Waals surface area (Å²) in [7, 11) is 0. The van der Waals surface area contributed by atoms with Gasteiger partial charge in [-0.15, -0.1) is 0 Å². The number of hydrogen-bond acceptors (Lipinski definition) is 6. The van der Waals surface area contributed by atoms with Crippen molar-refractivity contribution in [1.29, 1.82) is 0 Å². The Morgan fingerprint density at radius 3 is 1.22 bits per heavy atom. The maximum atomic E-state index is 11.1. The molecule has 115 heavy (non-hydrogen) atoms. The number of furan rings is 1. The molecule has 3 heterocycles. The van der Waals surface area contributed by atoms with Gasteiger partial charge in [-0.25, -0.2) is 19.9 Å². The van der Waals surface area contributed by atoms with Gasteiger partial charge in [-0.1, -0.05) is 331 Å². The fraction of sp³-hybridized carbons (Fsp3) is 0.0654. The number of nitrogens with zero attached hydrogens (tertiary/aromatic N) is 4. The summed E-state index contributed by atoms with van der Waals surface area (Å²) in [5, 5.41) is 16.7. The third kappa shape index (κ3) is 12.3. The quantitative estimate of drug-likeness (QED) is 0.127. The Labute approximate surface area is 681 Å². The van der Waals surface area contributed by atoms with Crippen LogP contribution in [0.3, 0.4) is 0 Å². The summed E-state index contributed by atoms with van der Waals surface area (Å²) in [5.41, 5.74) is 30.6. The number of fused-ring (bicyclic) bond motifs is 14. The van der Waals surface area contributed by atoms with E-state index in [1.54, 1.807) is 18.3 Å². The smallest absolute Gasteiger partial charge is 0.868 e. The molecule has 0 amide bonds. The number of para-hydroxylation sites is 3. The molecule has 3 aliphatic carbocycles. The van der Waals surface area contributed by atoms with Crippen LogP contribution in [-0.4, -0.2) is 15.0 Å². The van der Waals surface area contributed by atoms with E-state index < -0.39 is 5.41 Å². The first kappa shape index (κ1) is 71.5. The Balaban J connectivity index is 0.000000137. The van der Waals surface area contributed by atoms with Crippen LogP contribution in [0.2, 0.25) is 0 Å². The average Bonchev–Trinajstić information content (AvgIpc) is 1.53. The van der Waals surface area contributed by atoms with Crippen molar-refractivity contribution in [2.24, 2.45) is 0 Å². The maximum Gasteiger partial charge on any atom is 1.00 e. The zero-order valence-electron chi connectivity index (χ0n) is 64.6. The summed E-state index contributed by atoms with van der Waals surface area (Å²) in [5.74, 6) is 2.09. The Morgan fingerprint density at radius 2 is 0.678 bits per heavy atom. The Hall–Kier alpha value is -13.8. The second kappa shape index (κ2) is 29.1. The van der Waals surface area contributed by atoms with Gasteiger partial charge in [0.2, 0.25) is 5.52 Å². The first-order valence-corrected chi connectivity index (χ1v) is 39.1. The van der Waals surface area contributed by atoms with Gasteiger partial charge in [0.25, 0.3) is 0 Å². The van der Waals surface area contributed by atoms with Crippen molar-refractivity contribution in [3.8, 4) is 95.5 Å². The SMILES string of the molecule is CC1(C)c2ccccc2-c2ccc(-c3nc(-c4ccc5c(c4)C(C)(C)c4ccccc4-5)nc(-c4ccc5ccccc5c4)n3)cc21.[Li+].[O-]c1cccc2ccc[nH+]c12.c1ccc(-c2ccc(N(c3ccc(-c4ccccc4)cc3)c3ccc(C4(c5cccc6c5oc5ccccc56)c5ccccc5-c5ccccc54)cc3)cc2)cc1. The largest absolute Gasteiger partial charge is 1.00 e. The van der Waals surface area contributed by atoms with E-state index in [1.165, 1.54) is 100.0 Å². The predicted octanol–water partition coefficient (Wildman–Crippen LogP) is 23.1. The molecule has 0 unspecified atom stereocenters. The van der Waals surface area contributed by atoms with Crippen LogP contribution in [0.1, 0.15) is 72.2 Å². The van der Waals surface area contributed by atoms with Gasteiger partial charge in [-0.2, -0.15) is 0 Å². The number of aromatic amines is 1. The Bertz CT molecular complexity index is 6680. The van der Waals surface area contributed by atoms with E-state index >= 15 is 0 Å². The third-order valence-corrected chi connectivity index (χ3v) is 23.8. The van der Waals surface area contributed by atoms with Gasteiger partial charge in [0.15, 0.2) is 23.7 Å². The van der Waals surface area contributed by atoms with Gasteiger partial charge < -0.3 is 14.4 Å². The van der Waals surface area contributed by atoms with Gasteiger partial charge in [0.05, 0.1) is 5.41 Å². The second-order valence-corrected chi connectivity index (χ2v) is 31.0. The van der Waals surface area contributed by atoms with E-state index in [9.17, 15) is 5.11 Å². The molecule has 0 radical (unpaired) electrons. The number of pyridine rings is 1. The summed E-state index contributed by atoms with van der Waals surface area (Å²) in [6.07, 6.45) is 1.75. The zero-order chi connectivity index (χ0) is 76.7. The van der Waals surface area contributed by atoms with Crippen LogP contribution in [-0.2, 0) is 16.2 Å². The summed E-state index contributed by atoms with van der Waals surface area (Å²) in [4.78, 5) is 20.7. The molecule has 19 aromatic rings. The van der Waals surface area contributed by atoms with Crippen molar-refractivity contribution in [1.82, 2.24) is 15.0 Å². The fourth-order valence-corrected chi connectivity index (χ4v) is 18.1. The molecular weight excluding hydrogens is 1390 g/mol. The molecule has 1 N–H and O–H groups in total. The van der Waals surface area contributed by atoms with Crippen molar-refractivity contribution in [2.45, 2.75) is 43.9 Å². The van der Waals surface area contributed by atoms with Gasteiger partial charge in [0.1, 0.15) is 11.2 Å². The normalized spacial score (nSPS) is 13.2. The third-order valence-electron chi connectivity index (χ3n) is 23.8. The standard InChI is InChI=1S/C55H37NO.C43H33N3.C9H7NO.Li/c1-3-14-38(15-4-1)40-26-32-43(33-27-40)56(44-34-28-41(29-35-44)39-16-5-2-6-17-39)45-36-30-42(31-37-45)55(50-22-10-7-18-46(50)47-19-8-11-23-51(47)55)52-24-13-21-49-48-20-9-12-25-53(48)57-54(49)52;1-42(2)35-15-9-7-13-31(35)33-21-19-29(24-37(33)42)40-44-39(28-18-17-26-11-5-6-12-27(26)23-28)45-41(46-40)30-20-22-34-32-14-8-10-16-36(32)43(3,4)38(34)25-30;11-8-5-1-3-7-4-2-6-10-9(7)8;/h1-37H;5-25H,1-4H3;1-6,11H;/q;;;+1. The van der Waals surface area contributed by atoms with E-state index in [-0.39, 0.29) is 35.4 Å². The molecule has 0 saturated heterocycles. The molecule has 3 aliphatic rings. The summed E-state index contributed by atoms with van der Waals surface area (Å²) in [6.45, 7) is 9.24. The van der Waals surface area contributed by atoms with Crippen molar-refractivity contribution in [3.63, 3.8) is 0 Å². The van der Waals surface area contributed by atoms with E-state index in [0.29, 0.717) is 23.0 Å². The van der Waals surface area contributed by atoms with Crippen LogP contribution in [0.4, 0.5) is 17.1 Å². The van der Waals surface area contributed by atoms with Crippen LogP contribution in [0.15, 0.2) is 393 Å². The molecule has 0 aliphatic heterocycles. The summed E-state index contributed by atoms with van der Waals surface area (Å²) >= 11 is 0. The van der Waals surface area contributed by atoms with Crippen LogP contribution in [0.5, 0.6) is 5.75 Å². The van der Waals surface area contributed by atoms with Crippen molar-refractivity contribution in [2.75, 3.05) is 4.90 Å². The van der Waals surface area contributed by atoms with Gasteiger partial charge in [-0.05, 0) is 184 Å². The average molecular weight is 1470 g/mol. The topological polar surface area (TPSA) is 92.2 Å². The molecule has 16 aromatic carbocycles. The van der Waals surface area contributed by atoms with Gasteiger partial charge >= 0.3 is 18.9 Å². The molecule has 0 fully saturated rings. The summed E-state index contributed by atoms with van der Waals surface area (Å²) in [6, 6.07) is 136. The minimum atomic E-state index is -0.613. The van der Waals surface area contributed by atoms with Crippen LogP contribution in [0.25, 0.3) is 133 Å². The fourth-order valence-electron chi connectivity index (χ4n) is 18.1. The number of benzene rings is 16. The minimum absolute atomic E-state index is 0. The van der Waals surface area contributed by atoms with E-state index in [0.717, 1.165) is 72.0 Å². The monoisotopic (exact) mass is 1470 g/mol. The number of H-pyrrole nitrogens is 1. The van der Waals surface area contributed by atoms with Crippen LogP contribution >= 0.6 is 0 Å². The van der Waals surface area contributed by atoms with E-state index in [4.69, 9.17) is 19.4 Å². The molecular formula is C107H77LiN5O2+. The Kier molecular flexibility index (Phi) is 18.1. The van der Waals surface area contributed by atoms with E-state index in [2.05, 4.69) is 389 Å². The van der Waals surface area contributed by atoms with E-state index in [1.807, 2.05) is 18.2 Å². The summed E-state index contributed by atoms with van der Waals surface area (Å²) < 4.78 is 6.83. The van der Waals surface area contributed by atoms with Crippen LogP contribution < -0.4 is 33.9 Å². The van der Waals surface area contributed by atoms with Gasteiger partial charge in [0, 0.05) is 72.4 Å². The molecule has 0 atom stereocenters. The molecule has 0 spiro atoms. The molecule has 0 bridgehead atoms. The molecule has 542 valence electrons. The first-order valence-electron chi connectivity index (χ1n) is 39.1. The molecule has 0 saturated carbocycles. The molecule has 8 heteroatoms. The first-order chi connectivity index (χ1) is 55.9. The number of aromatic nitrogens is 4. The molecule has 7 nitrogen and oxygen atoms in total. The molecule has 3 aromatic heterocycles. The van der Waals surface area contributed by atoms with Crippen molar-refractivity contribution < 1.29 is 33.4 Å². The number of anilines is 3. The predicted molar refractivity (Wildman–Crippen MR) is 465 cm³/mol. The molecule has 22 rings (SSSR count). The van der Waals surface area contributed by atoms with Gasteiger partial charge in [-0.3, -0.25) is 0 Å². The zero-order valence-corrected chi connectivity index (χ0v) is 64.6. The van der Waals surface area contributed by atoms with Crippen LogP contribution in [0, 0.1) is 0 Å². The minimum Gasteiger partial charge on any atom is -0.868 e. The number of nitrogens with one attached hydrogen (secondary N) is 1. The van der Waals surface area contributed by atoms with Crippen molar-refractivity contribution in [3.05, 3.63) is 433 Å². The maximum absolute atomic E-state index is 11.1. The van der Waals surface area contributed by atoms with Crippen molar-refractivity contribution >= 4 is 60.7 Å². The second-order valence-electron chi connectivity index (χ2n) is 31.0. The number of hydrogen-bond donors (Lipinski definition) is 0.